The van der Waals surface area contributed by atoms with Crippen molar-refractivity contribution in [3.8, 4) is 17.2 Å². The molecule has 30 heavy (non-hydrogen) atoms. The standard InChI is InChI=1S/C21H25ClF3O4P/c1-13(2)28-17-7-6-8-18(29-14(3)4)20(17)30(22)19-11-15(21(23,24)25)9-10-16(19)27-12-26-5/h6-11,13-14H,12H2,1-5H3. The van der Waals surface area contributed by atoms with Gasteiger partial charge in [-0.25, -0.2) is 0 Å². The molecule has 1 atom stereocenters. The van der Waals surface area contributed by atoms with Crippen LogP contribution in [0.3, 0.4) is 0 Å². The maximum absolute atomic E-state index is 13.4. The average Bonchev–Trinajstić information content (AvgIpc) is 2.64. The second-order valence-corrected chi connectivity index (χ2v) is 9.45. The predicted molar refractivity (Wildman–Crippen MR) is 114 cm³/mol. The Bertz CT molecular complexity index is 815. The van der Waals surface area contributed by atoms with E-state index in [1.165, 1.54) is 13.2 Å². The number of alkyl halides is 3. The van der Waals surface area contributed by atoms with Gasteiger partial charge in [0.15, 0.2) is 6.79 Å². The molecule has 0 radical (unpaired) electrons. The van der Waals surface area contributed by atoms with E-state index in [1.807, 2.05) is 27.7 Å². The van der Waals surface area contributed by atoms with Gasteiger partial charge in [0.1, 0.15) is 17.2 Å². The van der Waals surface area contributed by atoms with Crippen molar-refractivity contribution < 1.29 is 32.1 Å². The third-order valence-corrected chi connectivity index (χ3v) is 6.37. The SMILES string of the molecule is COCOc1ccc(C(F)(F)F)cc1P(Cl)c1c(OC(C)C)cccc1OC(C)C. The summed E-state index contributed by atoms with van der Waals surface area (Å²) < 4.78 is 62.3. The Balaban J connectivity index is 2.66. The smallest absolute Gasteiger partial charge is 0.416 e. The van der Waals surface area contributed by atoms with Gasteiger partial charge < -0.3 is 18.9 Å². The maximum Gasteiger partial charge on any atom is 0.416 e. The van der Waals surface area contributed by atoms with Gasteiger partial charge in [0, 0.05) is 12.4 Å². The van der Waals surface area contributed by atoms with Crippen molar-refractivity contribution in [3.05, 3.63) is 42.0 Å². The third kappa shape index (κ3) is 6.40. The van der Waals surface area contributed by atoms with Crippen LogP contribution in [0.4, 0.5) is 13.2 Å². The Morgan fingerprint density at radius 2 is 1.50 bits per heavy atom. The number of methoxy groups -OCH3 is 1. The molecule has 2 rings (SSSR count). The molecule has 0 aliphatic heterocycles. The zero-order chi connectivity index (χ0) is 22.5. The summed E-state index contributed by atoms with van der Waals surface area (Å²) in [6, 6.07) is 8.43. The van der Waals surface area contributed by atoms with Crippen LogP contribution in [0.15, 0.2) is 36.4 Å². The van der Waals surface area contributed by atoms with Gasteiger partial charge in [0.25, 0.3) is 0 Å². The average molecular weight is 465 g/mol. The summed E-state index contributed by atoms with van der Waals surface area (Å²) in [6.45, 7) is 7.29. The summed E-state index contributed by atoms with van der Waals surface area (Å²) in [4.78, 5) is 0. The van der Waals surface area contributed by atoms with Gasteiger partial charge in [0.2, 0.25) is 0 Å². The number of hydrogen-bond acceptors (Lipinski definition) is 4. The van der Waals surface area contributed by atoms with E-state index in [4.69, 9.17) is 30.2 Å². The first-order valence-corrected chi connectivity index (χ1v) is 11.5. The number of hydrogen-bond donors (Lipinski definition) is 0. The molecular formula is C21H25ClF3O4P. The normalized spacial score (nSPS) is 12.9. The topological polar surface area (TPSA) is 36.9 Å². The van der Waals surface area contributed by atoms with Crippen LogP contribution in [0, 0.1) is 0 Å². The lowest BCUT2D eigenvalue weighted by Crippen LogP contribution is -2.22. The van der Waals surface area contributed by atoms with E-state index in [0.29, 0.717) is 16.8 Å². The molecule has 0 heterocycles. The monoisotopic (exact) mass is 464 g/mol. The second kappa shape index (κ2) is 10.6. The van der Waals surface area contributed by atoms with Gasteiger partial charge in [-0.1, -0.05) is 17.3 Å². The van der Waals surface area contributed by atoms with E-state index < -0.39 is 19.0 Å². The van der Waals surface area contributed by atoms with Crippen LogP contribution < -0.4 is 24.8 Å². The zero-order valence-corrected chi connectivity index (χ0v) is 19.1. The first-order valence-electron chi connectivity index (χ1n) is 9.29. The molecule has 0 aliphatic carbocycles. The van der Waals surface area contributed by atoms with Gasteiger partial charge in [0.05, 0.1) is 30.4 Å². The molecule has 0 N–H and O–H groups in total. The van der Waals surface area contributed by atoms with Gasteiger partial charge in [-0.05, 0) is 58.0 Å². The fourth-order valence-corrected chi connectivity index (χ4v) is 4.97. The van der Waals surface area contributed by atoms with Gasteiger partial charge in [-0.15, -0.1) is 0 Å². The lowest BCUT2D eigenvalue weighted by molar-refractivity contribution is -0.137. The van der Waals surface area contributed by atoms with Crippen LogP contribution in [0.2, 0.25) is 0 Å². The highest BCUT2D eigenvalue weighted by molar-refractivity contribution is 7.96. The number of ether oxygens (including phenoxy) is 4. The van der Waals surface area contributed by atoms with Gasteiger partial charge >= 0.3 is 6.18 Å². The van der Waals surface area contributed by atoms with Crippen molar-refractivity contribution in [1.29, 1.82) is 0 Å². The number of benzene rings is 2. The quantitative estimate of drug-likeness (QED) is 0.344. The highest BCUT2D eigenvalue weighted by atomic mass is 35.7. The highest BCUT2D eigenvalue weighted by Crippen LogP contribution is 2.48. The first kappa shape index (κ1) is 24.6. The van der Waals surface area contributed by atoms with Gasteiger partial charge in [-0.2, -0.15) is 13.2 Å². The Labute approximate surface area is 180 Å². The molecule has 0 aliphatic rings. The Kier molecular flexibility index (Phi) is 8.65. The Morgan fingerprint density at radius 3 is 1.97 bits per heavy atom. The fourth-order valence-electron chi connectivity index (χ4n) is 2.61. The predicted octanol–water partition coefficient (Wildman–Crippen LogP) is 5.85. The molecule has 2 aromatic rings. The molecule has 0 fully saturated rings. The largest absolute Gasteiger partial charge is 0.490 e. The fraction of sp³-hybridized carbons (Fsp3) is 0.429. The second-order valence-electron chi connectivity index (χ2n) is 6.95. The summed E-state index contributed by atoms with van der Waals surface area (Å²) in [6.07, 6.45) is -4.85. The van der Waals surface area contributed by atoms with Crippen molar-refractivity contribution in [2.24, 2.45) is 0 Å². The molecule has 0 saturated heterocycles. The van der Waals surface area contributed by atoms with Gasteiger partial charge in [-0.3, -0.25) is 0 Å². The lowest BCUT2D eigenvalue weighted by Gasteiger charge is -2.24. The van der Waals surface area contributed by atoms with Crippen LogP contribution in [0.1, 0.15) is 33.3 Å². The van der Waals surface area contributed by atoms with Crippen molar-refractivity contribution in [2.45, 2.75) is 46.1 Å². The summed E-state index contributed by atoms with van der Waals surface area (Å²) >= 11 is 6.83. The maximum atomic E-state index is 13.4. The van der Waals surface area contributed by atoms with Crippen LogP contribution >= 0.6 is 18.5 Å². The number of halogens is 4. The summed E-state index contributed by atoms with van der Waals surface area (Å²) in [5.74, 6) is 1.12. The third-order valence-electron chi connectivity index (χ3n) is 3.71. The molecule has 0 amide bonds. The lowest BCUT2D eigenvalue weighted by atomic mass is 10.2. The first-order chi connectivity index (χ1) is 14.0. The van der Waals surface area contributed by atoms with E-state index in [2.05, 4.69) is 0 Å². The Morgan fingerprint density at radius 1 is 0.933 bits per heavy atom. The van der Waals surface area contributed by atoms with Crippen LogP contribution in [0.5, 0.6) is 17.2 Å². The summed E-state index contributed by atoms with van der Waals surface area (Å²) in [7, 11) is -0.408. The molecule has 2 aromatic carbocycles. The molecule has 1 unspecified atom stereocenters. The molecule has 0 bridgehead atoms. The van der Waals surface area contributed by atoms with E-state index in [0.717, 1.165) is 12.1 Å². The summed E-state index contributed by atoms with van der Waals surface area (Å²) in [5, 5.41) is 0.699. The number of rotatable bonds is 9. The minimum atomic E-state index is -4.52. The molecule has 0 aromatic heterocycles. The highest BCUT2D eigenvalue weighted by Gasteiger charge is 2.33. The van der Waals surface area contributed by atoms with Crippen molar-refractivity contribution in [1.82, 2.24) is 0 Å². The molecule has 9 heteroatoms. The molecule has 166 valence electrons. The Hall–Kier alpha value is -1.69. The minimum absolute atomic E-state index is 0.127. The van der Waals surface area contributed by atoms with E-state index in [9.17, 15) is 13.2 Å². The van der Waals surface area contributed by atoms with E-state index >= 15 is 0 Å². The van der Waals surface area contributed by atoms with E-state index in [1.54, 1.807) is 18.2 Å². The minimum Gasteiger partial charge on any atom is -0.490 e. The molecule has 0 spiro atoms. The molecule has 4 nitrogen and oxygen atoms in total. The molecule has 0 saturated carbocycles. The zero-order valence-electron chi connectivity index (χ0n) is 17.4. The van der Waals surface area contributed by atoms with Crippen LogP contribution in [-0.4, -0.2) is 26.1 Å². The molecular weight excluding hydrogens is 440 g/mol. The summed E-state index contributed by atoms with van der Waals surface area (Å²) in [5.41, 5.74) is -0.816. The van der Waals surface area contributed by atoms with Crippen molar-refractivity contribution in [3.63, 3.8) is 0 Å². The van der Waals surface area contributed by atoms with Crippen LogP contribution in [-0.2, 0) is 10.9 Å². The van der Waals surface area contributed by atoms with Crippen molar-refractivity contribution >= 4 is 29.1 Å². The van der Waals surface area contributed by atoms with Crippen LogP contribution in [0.25, 0.3) is 0 Å². The van der Waals surface area contributed by atoms with E-state index in [-0.39, 0.29) is 30.1 Å². The van der Waals surface area contributed by atoms with Crippen molar-refractivity contribution in [2.75, 3.05) is 13.9 Å².